The lowest BCUT2D eigenvalue weighted by Crippen LogP contribution is -2.23. The lowest BCUT2D eigenvalue weighted by molar-refractivity contribution is -0.0379. The highest BCUT2D eigenvalue weighted by molar-refractivity contribution is 8.06. The Morgan fingerprint density at radius 2 is 2.25 bits per heavy atom. The first-order chi connectivity index (χ1) is 11.5. The van der Waals surface area contributed by atoms with Crippen molar-refractivity contribution in [3.8, 4) is 0 Å². The molecule has 24 heavy (non-hydrogen) atoms. The van der Waals surface area contributed by atoms with Gasteiger partial charge in [-0.3, -0.25) is 14.7 Å². The van der Waals surface area contributed by atoms with Gasteiger partial charge in [-0.2, -0.15) is 0 Å². The Kier molecular flexibility index (Phi) is 9.10. The van der Waals surface area contributed by atoms with E-state index < -0.39 is 5.91 Å². The fourth-order valence-electron chi connectivity index (χ4n) is 1.76. The van der Waals surface area contributed by atoms with Gasteiger partial charge in [-0.15, -0.1) is 6.58 Å². The van der Waals surface area contributed by atoms with Crippen molar-refractivity contribution in [1.82, 2.24) is 14.8 Å². The largest absolute Gasteiger partial charge is 0.396 e. The summed E-state index contributed by atoms with van der Waals surface area (Å²) < 4.78 is 3.10. The van der Waals surface area contributed by atoms with Gasteiger partial charge in [0.1, 0.15) is 5.69 Å². The Bertz CT molecular complexity index is 578. The van der Waals surface area contributed by atoms with Gasteiger partial charge >= 0.3 is 0 Å². The van der Waals surface area contributed by atoms with Gasteiger partial charge in [-0.1, -0.05) is 12.7 Å². The number of hydroxylamine groups is 2. The summed E-state index contributed by atoms with van der Waals surface area (Å²) in [7, 11) is 1.25. The zero-order chi connectivity index (χ0) is 17.9. The van der Waals surface area contributed by atoms with E-state index >= 15 is 0 Å². The third-order valence-corrected chi connectivity index (χ3v) is 3.83. The molecule has 1 amide bonds. The number of rotatable bonds is 11. The van der Waals surface area contributed by atoms with Gasteiger partial charge in [-0.05, 0) is 30.9 Å². The first-order valence-electron chi connectivity index (χ1n) is 7.52. The number of pyridine rings is 1. The Morgan fingerprint density at radius 1 is 1.50 bits per heavy atom. The Labute approximate surface area is 146 Å². The number of carbonyl (C=O) groups is 1. The van der Waals surface area contributed by atoms with Crippen LogP contribution in [0.1, 0.15) is 28.9 Å². The van der Waals surface area contributed by atoms with E-state index in [1.54, 1.807) is 18.3 Å². The molecule has 0 aliphatic carbocycles. The van der Waals surface area contributed by atoms with Crippen LogP contribution in [0.15, 0.2) is 31.5 Å². The van der Waals surface area contributed by atoms with Crippen molar-refractivity contribution in [2.24, 2.45) is 0 Å². The molecule has 0 aliphatic rings. The van der Waals surface area contributed by atoms with Gasteiger partial charge in [0.05, 0.1) is 11.9 Å². The summed E-state index contributed by atoms with van der Waals surface area (Å²) in [5.74, 6) is -0.597. The highest BCUT2D eigenvalue weighted by atomic mass is 32.2. The van der Waals surface area contributed by atoms with Crippen molar-refractivity contribution in [2.75, 3.05) is 32.1 Å². The lowest BCUT2D eigenvalue weighted by atomic mass is 10.1. The van der Waals surface area contributed by atoms with E-state index in [-0.39, 0.29) is 12.3 Å². The van der Waals surface area contributed by atoms with Crippen LogP contribution >= 0.6 is 11.9 Å². The van der Waals surface area contributed by atoms with E-state index in [4.69, 9.17) is 5.11 Å². The predicted molar refractivity (Wildman–Crippen MR) is 97.8 cm³/mol. The molecule has 0 radical (unpaired) electrons. The van der Waals surface area contributed by atoms with Gasteiger partial charge in [0, 0.05) is 37.2 Å². The molecule has 4 N–H and O–H groups in total. The number of nitrogens with zero attached hydrogens (tertiary/aromatic N) is 2. The maximum atomic E-state index is 11.9. The first-order valence-corrected chi connectivity index (χ1v) is 8.34. The van der Waals surface area contributed by atoms with Gasteiger partial charge in [0.2, 0.25) is 0 Å². The van der Waals surface area contributed by atoms with E-state index in [1.165, 1.54) is 19.0 Å². The monoisotopic (exact) mass is 352 g/mol. The van der Waals surface area contributed by atoms with E-state index in [2.05, 4.69) is 28.2 Å². The second-order valence-electron chi connectivity index (χ2n) is 4.94. The minimum absolute atomic E-state index is 0.116. The molecule has 0 saturated carbocycles. The van der Waals surface area contributed by atoms with Crippen molar-refractivity contribution >= 4 is 28.4 Å². The van der Waals surface area contributed by atoms with Crippen molar-refractivity contribution in [1.29, 1.82) is 0 Å². The van der Waals surface area contributed by atoms with Crippen LogP contribution in [-0.2, 0) is 0 Å². The van der Waals surface area contributed by atoms with E-state index in [0.717, 1.165) is 17.7 Å². The third kappa shape index (κ3) is 6.32. The van der Waals surface area contributed by atoms with E-state index in [9.17, 15) is 10.0 Å². The standard InChI is InChI=1S/C16H24N4O3S/c1-4-5-7-17-15-11-18-14(16(22)20(3)23)10-13(15)12(2)24-19-8-6-9-21/h4,10-11,17,19,21,23H,1-2,5-9H2,3H3. The Morgan fingerprint density at radius 3 is 2.88 bits per heavy atom. The van der Waals surface area contributed by atoms with Crippen LogP contribution < -0.4 is 10.0 Å². The molecule has 1 heterocycles. The summed E-state index contributed by atoms with van der Waals surface area (Å²) >= 11 is 1.32. The summed E-state index contributed by atoms with van der Waals surface area (Å²) in [6, 6.07) is 1.59. The molecule has 7 nitrogen and oxygen atoms in total. The highest BCUT2D eigenvalue weighted by Crippen LogP contribution is 2.30. The summed E-state index contributed by atoms with van der Waals surface area (Å²) in [5, 5.41) is 21.8. The summed E-state index contributed by atoms with van der Waals surface area (Å²) in [6.07, 6.45) is 4.78. The van der Waals surface area contributed by atoms with Gasteiger partial charge in [0.25, 0.3) is 5.91 Å². The fourth-order valence-corrected chi connectivity index (χ4v) is 2.46. The van der Waals surface area contributed by atoms with Crippen LogP contribution in [0.4, 0.5) is 5.69 Å². The molecular formula is C16H24N4O3S. The minimum atomic E-state index is -0.597. The number of aromatic nitrogens is 1. The smallest absolute Gasteiger partial charge is 0.295 e. The molecule has 0 unspecified atom stereocenters. The molecule has 8 heteroatoms. The second-order valence-corrected chi connectivity index (χ2v) is 5.93. The maximum Gasteiger partial charge on any atom is 0.295 e. The average molecular weight is 352 g/mol. The van der Waals surface area contributed by atoms with E-state index in [0.29, 0.717) is 29.5 Å². The minimum Gasteiger partial charge on any atom is -0.396 e. The zero-order valence-corrected chi connectivity index (χ0v) is 14.6. The second kappa shape index (κ2) is 10.8. The Balaban J connectivity index is 2.95. The lowest BCUT2D eigenvalue weighted by Gasteiger charge is -2.15. The van der Waals surface area contributed by atoms with Crippen LogP contribution in [0.3, 0.4) is 0 Å². The number of hydrogen-bond acceptors (Lipinski definition) is 7. The van der Waals surface area contributed by atoms with Gasteiger partial charge in [0.15, 0.2) is 0 Å². The number of aliphatic hydroxyl groups excluding tert-OH is 1. The average Bonchev–Trinajstić information content (AvgIpc) is 2.58. The van der Waals surface area contributed by atoms with Crippen molar-refractivity contribution < 1.29 is 15.1 Å². The van der Waals surface area contributed by atoms with Crippen LogP contribution in [0.25, 0.3) is 4.91 Å². The van der Waals surface area contributed by atoms with Gasteiger partial charge in [-0.25, -0.2) is 10.0 Å². The number of nitrogens with one attached hydrogen (secondary N) is 2. The molecule has 0 fully saturated rings. The molecule has 0 saturated heterocycles. The van der Waals surface area contributed by atoms with Crippen LogP contribution in [-0.4, -0.2) is 53.0 Å². The Hall–Kier alpha value is -1.87. The van der Waals surface area contributed by atoms with Crippen LogP contribution in [0.2, 0.25) is 0 Å². The quantitative estimate of drug-likeness (QED) is 0.159. The predicted octanol–water partition coefficient (Wildman–Crippen LogP) is 2.12. The number of anilines is 1. The summed E-state index contributed by atoms with van der Waals surface area (Å²) in [4.78, 5) is 16.7. The number of carbonyl (C=O) groups excluding carboxylic acids is 1. The fraction of sp³-hybridized carbons (Fsp3) is 0.375. The molecule has 0 atom stereocenters. The van der Waals surface area contributed by atoms with Crippen molar-refractivity contribution in [2.45, 2.75) is 12.8 Å². The maximum absolute atomic E-state index is 11.9. The normalized spacial score (nSPS) is 10.3. The van der Waals surface area contributed by atoms with Gasteiger partial charge < -0.3 is 10.4 Å². The van der Waals surface area contributed by atoms with Crippen molar-refractivity contribution in [3.05, 3.63) is 42.8 Å². The summed E-state index contributed by atoms with van der Waals surface area (Å²) in [6.45, 7) is 9.13. The number of amides is 1. The summed E-state index contributed by atoms with van der Waals surface area (Å²) in [5.41, 5.74) is 1.59. The molecule has 1 aromatic heterocycles. The number of aliphatic hydroxyl groups is 1. The number of hydrogen-bond donors (Lipinski definition) is 4. The SMILES string of the molecule is C=CCCNc1cnc(C(=O)N(C)O)cc1C(=C)SNCCCO. The highest BCUT2D eigenvalue weighted by Gasteiger charge is 2.16. The molecule has 1 rings (SSSR count). The molecule has 0 aliphatic heterocycles. The molecule has 132 valence electrons. The zero-order valence-electron chi connectivity index (χ0n) is 13.8. The first kappa shape index (κ1) is 20.2. The third-order valence-electron chi connectivity index (χ3n) is 3.01. The van der Waals surface area contributed by atoms with E-state index in [1.807, 2.05) is 0 Å². The topological polar surface area (TPSA) is 97.7 Å². The molecule has 0 spiro atoms. The van der Waals surface area contributed by atoms with Crippen LogP contribution in [0.5, 0.6) is 0 Å². The molecule has 0 aromatic carbocycles. The molecular weight excluding hydrogens is 328 g/mol. The molecule has 0 bridgehead atoms. The van der Waals surface area contributed by atoms with Crippen molar-refractivity contribution in [3.63, 3.8) is 0 Å². The van der Waals surface area contributed by atoms with Crippen LogP contribution in [0, 0.1) is 0 Å². The molecule has 1 aromatic rings.